The normalized spacial score (nSPS) is 20.8. The summed E-state index contributed by atoms with van der Waals surface area (Å²) in [6.07, 6.45) is -10.3. The van der Waals surface area contributed by atoms with Gasteiger partial charge in [-0.2, -0.15) is 0 Å². The van der Waals surface area contributed by atoms with Crippen LogP contribution in [0, 0.1) is 0 Å². The van der Waals surface area contributed by atoms with Crippen LogP contribution >= 0.6 is 11.6 Å². The van der Waals surface area contributed by atoms with E-state index in [4.69, 9.17) is 26.7 Å². The van der Waals surface area contributed by atoms with E-state index >= 15 is 0 Å². The van der Waals surface area contributed by atoms with Crippen molar-refractivity contribution in [2.45, 2.75) is 38.9 Å². The van der Waals surface area contributed by atoms with Gasteiger partial charge in [-0.15, -0.1) is 0 Å². The molecule has 0 atom stereocenters. The van der Waals surface area contributed by atoms with Crippen LogP contribution in [0.4, 0.5) is 0 Å². The topological polar surface area (TPSA) is 22.0 Å². The molecule has 0 aliphatic carbocycles. The maximum atomic E-state index is 13.2. The number of carbonyl (C=O) groups is 1. The van der Waals surface area contributed by atoms with Crippen molar-refractivity contribution in [2.24, 2.45) is 0 Å². The number of para-hydroxylation sites is 1. The van der Waals surface area contributed by atoms with Gasteiger partial charge in [0.15, 0.2) is 5.78 Å². The van der Waals surface area contributed by atoms with Gasteiger partial charge in [0.25, 0.3) is 0 Å². The van der Waals surface area contributed by atoms with E-state index in [1.807, 2.05) is 0 Å². The van der Waals surface area contributed by atoms with E-state index in [-0.39, 0.29) is 22.9 Å². The first-order chi connectivity index (χ1) is 15.9. The van der Waals surface area contributed by atoms with Crippen molar-refractivity contribution in [1.29, 1.82) is 0 Å². The van der Waals surface area contributed by atoms with Gasteiger partial charge in [-0.25, -0.2) is 0 Å². The molecule has 0 unspecified atom stereocenters. The van der Waals surface area contributed by atoms with Crippen molar-refractivity contribution in [2.75, 3.05) is 0 Å². The second-order valence-electron chi connectivity index (χ2n) is 5.11. The molecule has 1 heterocycles. The van der Waals surface area contributed by atoms with Gasteiger partial charge in [-0.3, -0.25) is 4.79 Å². The summed E-state index contributed by atoms with van der Waals surface area (Å²) < 4.78 is 88.3. The van der Waals surface area contributed by atoms with Crippen molar-refractivity contribution in [3.05, 3.63) is 70.9 Å². The Bertz CT molecular complexity index is 1260. The molecule has 0 saturated carbocycles. The smallest absolute Gasteiger partial charge is 0.169 e. The minimum Gasteiger partial charge on any atom is -0.347 e. The summed E-state index contributed by atoms with van der Waals surface area (Å²) in [4.78, 5) is 13.2. The molecule has 1 aromatic heterocycles. The van der Waals surface area contributed by atoms with E-state index < -0.39 is 38.3 Å². The predicted octanol–water partition coefficient (Wildman–Crippen LogP) is 5.91. The average Bonchev–Trinajstić information content (AvgIpc) is 3.14. The summed E-state index contributed by atoms with van der Waals surface area (Å²) in [7, 11) is 0. The number of halogens is 1. The van der Waals surface area contributed by atoms with Crippen LogP contribution in [0.1, 0.15) is 57.0 Å². The second-order valence-corrected chi connectivity index (χ2v) is 5.52. The Labute approximate surface area is 163 Å². The highest BCUT2D eigenvalue weighted by Gasteiger charge is 2.16. The zero-order valence-electron chi connectivity index (χ0n) is 23.6. The summed E-state index contributed by atoms with van der Waals surface area (Å²) in [6, 6.07) is 12.7. The first kappa shape index (κ1) is 7.88. The fourth-order valence-electron chi connectivity index (χ4n) is 2.52. The monoisotopic (exact) mass is 350 g/mol. The van der Waals surface area contributed by atoms with E-state index in [0.29, 0.717) is 10.6 Å². The van der Waals surface area contributed by atoms with Gasteiger partial charge in [-0.05, 0) is 24.1 Å². The summed E-state index contributed by atoms with van der Waals surface area (Å²) in [5.74, 6) is -0.453. The molecule has 0 radical (unpaired) electrons. The van der Waals surface area contributed by atoms with E-state index in [9.17, 15) is 4.79 Å². The molecule has 124 valence electrons. The molecule has 3 rings (SSSR count). The number of nitrogens with zero attached hydrogens (tertiary/aromatic N) is 1. The molecular weight excluding hydrogens is 318 g/mol. The van der Waals surface area contributed by atoms with Gasteiger partial charge in [0, 0.05) is 55.7 Å². The predicted molar refractivity (Wildman–Crippen MR) is 101 cm³/mol. The highest BCUT2D eigenvalue weighted by atomic mass is 35.5. The fraction of sp³-hybridized carbons (Fsp3) is 0.286. The average molecular weight is 351 g/mol. The van der Waals surface area contributed by atoms with Gasteiger partial charge >= 0.3 is 0 Å². The van der Waals surface area contributed by atoms with Crippen molar-refractivity contribution < 1.29 is 19.9 Å². The molecule has 0 spiro atoms. The minimum atomic E-state index is -3.80. The number of hydrogen-bond donors (Lipinski definition) is 0. The van der Waals surface area contributed by atoms with Crippen molar-refractivity contribution in [3.8, 4) is 0 Å². The number of hydrogen-bond acceptors (Lipinski definition) is 1. The van der Waals surface area contributed by atoms with E-state index in [1.54, 1.807) is 30.3 Å². The Morgan fingerprint density at radius 2 is 1.96 bits per heavy atom. The van der Waals surface area contributed by atoms with Crippen LogP contribution in [0.5, 0.6) is 0 Å². The van der Waals surface area contributed by atoms with Crippen molar-refractivity contribution in [1.82, 2.24) is 4.57 Å². The van der Waals surface area contributed by atoms with Crippen LogP contribution in [0.15, 0.2) is 54.7 Å². The number of benzene rings is 2. The molecule has 0 amide bonds. The Kier molecular flexibility index (Phi) is 2.52. The summed E-state index contributed by atoms with van der Waals surface area (Å²) in [6.45, 7) is -6.88. The number of aromatic nitrogens is 1. The number of rotatable bonds is 7. The molecule has 0 bridgehead atoms. The molecule has 3 aromatic rings. The van der Waals surface area contributed by atoms with Crippen LogP contribution in [-0.4, -0.2) is 10.4 Å². The molecule has 0 fully saturated rings. The number of fused-ring (bicyclic) bond motifs is 1. The highest BCUT2D eigenvalue weighted by Crippen LogP contribution is 2.25. The Morgan fingerprint density at radius 3 is 2.79 bits per heavy atom. The molecular formula is C21H22ClNO. The quantitative estimate of drug-likeness (QED) is 0.485. The molecule has 0 N–H and O–H groups in total. The zero-order chi connectivity index (χ0) is 26.6. The SMILES string of the molecule is [2H]C([2H])([2H])C([2H])([2H])C([2H])([2H])C([2H])([2H])C([2H])([2H])n1cc(C(=O)Cc2ccccc2Cl)c2ccccc21. The third-order valence-electron chi connectivity index (χ3n) is 3.62. The standard InChI is InChI=1S/C21H22ClNO/c1-2-3-8-13-23-15-18(17-10-5-7-12-20(17)23)21(24)14-16-9-4-6-11-19(16)22/h4-7,9-12,15H,2-3,8,13-14H2,1H3/i1D3,2D2,3D2,8D2,13D2. The number of aryl methyl sites for hydroxylation is 1. The summed E-state index contributed by atoms with van der Waals surface area (Å²) in [5, 5.41) is 0.625. The zero-order valence-corrected chi connectivity index (χ0v) is 13.4. The third-order valence-corrected chi connectivity index (χ3v) is 3.99. The highest BCUT2D eigenvalue weighted by molar-refractivity contribution is 6.31. The third kappa shape index (κ3) is 3.54. The molecule has 24 heavy (non-hydrogen) atoms. The Balaban J connectivity index is 2.16. The lowest BCUT2D eigenvalue weighted by Gasteiger charge is -2.03. The molecule has 0 saturated heterocycles. The lowest BCUT2D eigenvalue weighted by atomic mass is 10.0. The van der Waals surface area contributed by atoms with Crippen molar-refractivity contribution >= 4 is 28.3 Å². The molecule has 2 nitrogen and oxygen atoms in total. The second kappa shape index (κ2) is 7.67. The Hall–Kier alpha value is -2.06. The van der Waals surface area contributed by atoms with E-state index in [1.165, 1.54) is 18.2 Å². The van der Waals surface area contributed by atoms with Gasteiger partial charge in [0.2, 0.25) is 0 Å². The Morgan fingerprint density at radius 1 is 1.17 bits per heavy atom. The van der Waals surface area contributed by atoms with Crippen LogP contribution in [0.2, 0.25) is 5.02 Å². The van der Waals surface area contributed by atoms with Crippen LogP contribution in [0.25, 0.3) is 10.9 Å². The van der Waals surface area contributed by atoms with E-state index in [2.05, 4.69) is 0 Å². The van der Waals surface area contributed by atoms with Gasteiger partial charge in [0.05, 0.1) is 0 Å². The molecule has 0 aliphatic heterocycles. The largest absolute Gasteiger partial charge is 0.347 e. The number of Topliss-reactive ketones (excluding diaryl/α,β-unsaturated/α-hetero) is 1. The first-order valence-electron chi connectivity index (χ1n) is 12.7. The maximum Gasteiger partial charge on any atom is 0.169 e. The number of ketones is 1. The van der Waals surface area contributed by atoms with Crippen LogP contribution in [-0.2, 0) is 12.9 Å². The summed E-state index contributed by atoms with van der Waals surface area (Å²) >= 11 is 6.15. The summed E-state index contributed by atoms with van der Waals surface area (Å²) in [5.41, 5.74) is 0.602. The molecule has 2 aromatic carbocycles. The number of carbonyl (C=O) groups excluding carboxylic acids is 1. The van der Waals surface area contributed by atoms with Gasteiger partial charge in [-0.1, -0.05) is 67.6 Å². The van der Waals surface area contributed by atoms with Crippen molar-refractivity contribution in [3.63, 3.8) is 0 Å². The van der Waals surface area contributed by atoms with Crippen LogP contribution < -0.4 is 0 Å². The lowest BCUT2D eigenvalue weighted by Crippen LogP contribution is -2.03. The molecule has 3 heteroatoms. The van der Waals surface area contributed by atoms with Crippen LogP contribution in [0.3, 0.4) is 0 Å². The lowest BCUT2D eigenvalue weighted by molar-refractivity contribution is 0.0994. The first-order valence-corrected chi connectivity index (χ1v) is 7.63. The van der Waals surface area contributed by atoms with Gasteiger partial charge < -0.3 is 4.57 Å². The minimum absolute atomic E-state index is 0.0274. The fourth-order valence-corrected chi connectivity index (χ4v) is 2.73. The van der Waals surface area contributed by atoms with Gasteiger partial charge in [0.1, 0.15) is 0 Å². The molecule has 0 aliphatic rings. The van der Waals surface area contributed by atoms with E-state index in [0.717, 1.165) is 10.8 Å². The maximum absolute atomic E-state index is 13.2.